The van der Waals surface area contributed by atoms with Gasteiger partial charge in [0, 0.05) is 11.1 Å². The van der Waals surface area contributed by atoms with Crippen LogP contribution in [0.1, 0.15) is 5.56 Å². The lowest BCUT2D eigenvalue weighted by atomic mass is 10.2. The van der Waals surface area contributed by atoms with Crippen LogP contribution in [-0.2, 0) is 0 Å². The zero-order valence-electron chi connectivity index (χ0n) is 12.3. The predicted octanol–water partition coefficient (Wildman–Crippen LogP) is 3.20. The highest BCUT2D eigenvalue weighted by Crippen LogP contribution is 2.22. The standard InChI is InChI=1S/C16H14N4O2S/c1-22-13-7-4-6-11(9-13)15-18-19-16(23)20(15)17-10-12-5-2-3-8-14(12)21/h2-10,21H,1H3,(H,19,23)/b17-10+. The number of benzene rings is 2. The van der Waals surface area contributed by atoms with Crippen molar-refractivity contribution in [2.45, 2.75) is 0 Å². The first-order valence-corrected chi connectivity index (χ1v) is 7.24. The van der Waals surface area contributed by atoms with E-state index in [1.165, 1.54) is 10.9 Å². The molecule has 3 aromatic rings. The van der Waals surface area contributed by atoms with E-state index < -0.39 is 0 Å². The molecule has 0 radical (unpaired) electrons. The van der Waals surface area contributed by atoms with Crippen LogP contribution < -0.4 is 4.74 Å². The first kappa shape index (κ1) is 15.0. The van der Waals surface area contributed by atoms with Gasteiger partial charge < -0.3 is 9.84 Å². The minimum absolute atomic E-state index is 0.147. The van der Waals surface area contributed by atoms with Gasteiger partial charge in [-0.1, -0.05) is 24.3 Å². The summed E-state index contributed by atoms with van der Waals surface area (Å²) in [6, 6.07) is 14.4. The Morgan fingerprint density at radius 3 is 2.87 bits per heavy atom. The van der Waals surface area contributed by atoms with Crippen molar-refractivity contribution in [3.05, 3.63) is 58.9 Å². The van der Waals surface area contributed by atoms with E-state index in [1.807, 2.05) is 30.3 Å². The molecular weight excluding hydrogens is 312 g/mol. The van der Waals surface area contributed by atoms with E-state index in [9.17, 15) is 5.11 Å². The van der Waals surface area contributed by atoms with Crippen LogP contribution in [0.2, 0.25) is 0 Å². The molecule has 0 aliphatic rings. The highest BCUT2D eigenvalue weighted by molar-refractivity contribution is 7.71. The van der Waals surface area contributed by atoms with Crippen LogP contribution in [-0.4, -0.2) is 33.3 Å². The third-order valence-electron chi connectivity index (χ3n) is 3.23. The summed E-state index contributed by atoms with van der Waals surface area (Å²) in [6.45, 7) is 0. The highest BCUT2D eigenvalue weighted by Gasteiger charge is 2.09. The number of para-hydroxylation sites is 1. The van der Waals surface area contributed by atoms with Gasteiger partial charge in [0.2, 0.25) is 4.77 Å². The lowest BCUT2D eigenvalue weighted by molar-refractivity contribution is 0.415. The quantitative estimate of drug-likeness (QED) is 0.570. The van der Waals surface area contributed by atoms with Crippen LogP contribution in [0.3, 0.4) is 0 Å². The number of methoxy groups -OCH3 is 1. The molecular formula is C16H14N4O2S. The number of phenols is 1. The summed E-state index contributed by atoms with van der Waals surface area (Å²) < 4.78 is 7.08. The van der Waals surface area contributed by atoms with Crippen LogP contribution in [0.5, 0.6) is 11.5 Å². The van der Waals surface area contributed by atoms with Crippen LogP contribution in [0.25, 0.3) is 11.4 Å². The Hall–Kier alpha value is -2.93. The lowest BCUT2D eigenvalue weighted by Crippen LogP contribution is -1.95. The van der Waals surface area contributed by atoms with Crippen molar-refractivity contribution in [3.63, 3.8) is 0 Å². The lowest BCUT2D eigenvalue weighted by Gasteiger charge is -2.04. The van der Waals surface area contributed by atoms with Gasteiger partial charge in [0.15, 0.2) is 5.82 Å². The summed E-state index contributed by atoms with van der Waals surface area (Å²) in [7, 11) is 1.60. The number of H-pyrrole nitrogens is 1. The molecule has 0 aliphatic heterocycles. The second kappa shape index (κ2) is 6.45. The molecule has 23 heavy (non-hydrogen) atoms. The minimum atomic E-state index is 0.147. The Labute approximate surface area is 137 Å². The third-order valence-corrected chi connectivity index (χ3v) is 3.49. The zero-order valence-corrected chi connectivity index (χ0v) is 13.1. The Morgan fingerprint density at radius 1 is 1.26 bits per heavy atom. The first-order chi connectivity index (χ1) is 11.2. The number of rotatable bonds is 4. The maximum absolute atomic E-state index is 9.80. The van der Waals surface area contributed by atoms with E-state index in [-0.39, 0.29) is 5.75 Å². The number of hydrogen-bond acceptors (Lipinski definition) is 5. The average molecular weight is 326 g/mol. The molecule has 2 aromatic carbocycles. The van der Waals surface area contributed by atoms with Crippen LogP contribution in [0.15, 0.2) is 53.6 Å². The van der Waals surface area contributed by atoms with Crippen molar-refractivity contribution in [1.29, 1.82) is 0 Å². The molecule has 0 spiro atoms. The largest absolute Gasteiger partial charge is 0.507 e. The SMILES string of the molecule is COc1cccc(-c2n[nH]c(=S)n2/N=C/c2ccccc2O)c1. The molecule has 0 saturated carbocycles. The normalized spacial score (nSPS) is 11.0. The fraction of sp³-hybridized carbons (Fsp3) is 0.0625. The topological polar surface area (TPSA) is 75.4 Å². The van der Waals surface area contributed by atoms with Gasteiger partial charge in [-0.05, 0) is 36.5 Å². The number of aromatic amines is 1. The maximum atomic E-state index is 9.80. The first-order valence-electron chi connectivity index (χ1n) is 6.83. The molecule has 0 bridgehead atoms. The average Bonchev–Trinajstić information content (AvgIpc) is 2.95. The van der Waals surface area contributed by atoms with Crippen molar-refractivity contribution in [3.8, 4) is 22.9 Å². The maximum Gasteiger partial charge on any atom is 0.216 e. The smallest absolute Gasteiger partial charge is 0.216 e. The monoisotopic (exact) mass is 326 g/mol. The van der Waals surface area contributed by atoms with Crippen molar-refractivity contribution in [1.82, 2.24) is 14.9 Å². The van der Waals surface area contributed by atoms with E-state index in [4.69, 9.17) is 17.0 Å². The van der Waals surface area contributed by atoms with E-state index >= 15 is 0 Å². The van der Waals surface area contributed by atoms with Crippen molar-refractivity contribution in [2.75, 3.05) is 7.11 Å². The van der Waals surface area contributed by atoms with E-state index in [2.05, 4.69) is 15.3 Å². The molecule has 0 saturated heterocycles. The number of aromatic hydroxyl groups is 1. The van der Waals surface area contributed by atoms with Gasteiger partial charge in [-0.3, -0.25) is 0 Å². The minimum Gasteiger partial charge on any atom is -0.507 e. The van der Waals surface area contributed by atoms with Gasteiger partial charge >= 0.3 is 0 Å². The second-order valence-corrected chi connectivity index (χ2v) is 5.09. The summed E-state index contributed by atoms with van der Waals surface area (Å²) in [5, 5.41) is 21.1. The van der Waals surface area contributed by atoms with Crippen molar-refractivity contribution in [2.24, 2.45) is 5.10 Å². The molecule has 7 heteroatoms. The molecule has 0 amide bonds. The molecule has 0 aliphatic carbocycles. The molecule has 0 unspecified atom stereocenters. The van der Waals surface area contributed by atoms with E-state index in [0.717, 1.165) is 5.56 Å². The van der Waals surface area contributed by atoms with Gasteiger partial charge in [0.1, 0.15) is 11.5 Å². The predicted molar refractivity (Wildman–Crippen MR) is 90.5 cm³/mol. The number of aromatic nitrogens is 3. The second-order valence-electron chi connectivity index (χ2n) is 4.70. The Morgan fingerprint density at radius 2 is 2.09 bits per heavy atom. The highest BCUT2D eigenvalue weighted by atomic mass is 32.1. The summed E-state index contributed by atoms with van der Waals surface area (Å²) in [5.74, 6) is 1.42. The van der Waals surface area contributed by atoms with Crippen LogP contribution >= 0.6 is 12.2 Å². The number of nitrogens with one attached hydrogen (secondary N) is 1. The third kappa shape index (κ3) is 3.14. The molecule has 3 rings (SSSR count). The fourth-order valence-corrected chi connectivity index (χ4v) is 2.24. The van der Waals surface area contributed by atoms with Crippen molar-refractivity contribution >= 4 is 18.4 Å². The van der Waals surface area contributed by atoms with E-state index in [0.29, 0.717) is 21.9 Å². The molecule has 0 atom stereocenters. The Kier molecular flexibility index (Phi) is 4.20. The van der Waals surface area contributed by atoms with Crippen LogP contribution in [0.4, 0.5) is 0 Å². The fourth-order valence-electron chi connectivity index (χ4n) is 2.06. The summed E-state index contributed by atoms with van der Waals surface area (Å²) in [4.78, 5) is 0. The van der Waals surface area contributed by atoms with E-state index in [1.54, 1.807) is 25.3 Å². The van der Waals surface area contributed by atoms with Crippen LogP contribution in [0, 0.1) is 4.77 Å². The zero-order chi connectivity index (χ0) is 16.2. The summed E-state index contributed by atoms with van der Waals surface area (Å²) >= 11 is 5.22. The molecule has 1 aromatic heterocycles. The van der Waals surface area contributed by atoms with Gasteiger partial charge in [-0.2, -0.15) is 14.9 Å². The molecule has 116 valence electrons. The van der Waals surface area contributed by atoms with Crippen molar-refractivity contribution < 1.29 is 9.84 Å². The Bertz CT molecular complexity index is 914. The Balaban J connectivity index is 2.02. The number of ether oxygens (including phenoxy) is 1. The van der Waals surface area contributed by atoms with Gasteiger partial charge in [-0.15, -0.1) is 0 Å². The number of phenolic OH excluding ortho intramolecular Hbond substituents is 1. The summed E-state index contributed by atoms with van der Waals surface area (Å²) in [6.07, 6.45) is 1.53. The molecule has 6 nitrogen and oxygen atoms in total. The number of nitrogens with zero attached hydrogens (tertiary/aromatic N) is 3. The summed E-state index contributed by atoms with van der Waals surface area (Å²) in [5.41, 5.74) is 1.40. The molecule has 1 heterocycles. The van der Waals surface area contributed by atoms with Gasteiger partial charge in [-0.25, -0.2) is 5.10 Å². The molecule has 0 fully saturated rings. The van der Waals surface area contributed by atoms with Gasteiger partial charge in [0.25, 0.3) is 0 Å². The molecule has 2 N–H and O–H groups in total. The number of hydrogen-bond donors (Lipinski definition) is 2. The van der Waals surface area contributed by atoms with Gasteiger partial charge in [0.05, 0.1) is 13.3 Å².